The maximum Gasteiger partial charge on any atom is 0.397 e. The number of rotatable bonds is 28. The van der Waals surface area contributed by atoms with E-state index >= 15 is 0 Å². The Labute approximate surface area is 420 Å². The molecule has 4 heterocycles. The SMILES string of the molecule is CCC1OC(OC2C(C(=O)O)OC(OC3C(O)CC(OC4C(C(=O)O)OC(OCCCCCCNC(=O)CCO)C(OS(=O)(=O)O)C4O)OC3COS(=O)(=O)O)C(OS(=O)(=O)O)C2O)C(NS(=O)(=O)O)C(O)C1O. The predicted molar refractivity (Wildman–Crippen MR) is 227 cm³/mol. The summed E-state index contributed by atoms with van der Waals surface area (Å²) in [5.74, 6) is -4.42. The first-order valence-electron chi connectivity index (χ1n) is 21.8. The first-order chi connectivity index (χ1) is 34.2. The number of carbonyl (C=O) groups is 3. The summed E-state index contributed by atoms with van der Waals surface area (Å²) >= 11 is 0. The summed E-state index contributed by atoms with van der Waals surface area (Å²) in [6, 6.07) is -2.21. The molecule has 4 rings (SSSR count). The first-order valence-corrected chi connectivity index (χ1v) is 27.4. The van der Waals surface area contributed by atoms with Crippen molar-refractivity contribution < 1.29 is 158 Å². The minimum absolute atomic E-state index is 0.0930. The lowest BCUT2D eigenvalue weighted by Gasteiger charge is -2.48. The van der Waals surface area contributed by atoms with E-state index in [1.54, 1.807) is 0 Å². The molecule has 40 heteroatoms. The molecule has 0 bridgehead atoms. The number of carboxylic acid groups (broad SMARTS) is 2. The summed E-state index contributed by atoms with van der Waals surface area (Å²) in [7, 11) is -22.1. The molecule has 4 fully saturated rings. The predicted octanol–water partition coefficient (Wildman–Crippen LogP) is -7.15. The highest BCUT2D eigenvalue weighted by molar-refractivity contribution is 7.83. The number of hydrogen-bond acceptors (Lipinski definition) is 28. The van der Waals surface area contributed by atoms with Crippen LogP contribution in [0.2, 0.25) is 0 Å². The highest BCUT2D eigenvalue weighted by Gasteiger charge is 2.58. The van der Waals surface area contributed by atoms with Gasteiger partial charge in [-0.25, -0.2) is 22.1 Å². The summed E-state index contributed by atoms with van der Waals surface area (Å²) in [5.41, 5.74) is 0. The van der Waals surface area contributed by atoms with Gasteiger partial charge >= 0.3 is 53.4 Å². The third-order valence-corrected chi connectivity index (χ3v) is 13.1. The van der Waals surface area contributed by atoms with Gasteiger partial charge in [-0.2, -0.15) is 38.4 Å². The molecule has 4 aliphatic rings. The Kier molecular flexibility index (Phi) is 23.5. The van der Waals surface area contributed by atoms with Crippen molar-refractivity contribution in [1.82, 2.24) is 10.0 Å². The molecule has 36 nitrogen and oxygen atoms in total. The molecule has 0 saturated carbocycles. The van der Waals surface area contributed by atoms with E-state index in [1.165, 1.54) is 11.6 Å². The van der Waals surface area contributed by atoms with E-state index in [0.29, 0.717) is 19.3 Å². The number of nitrogens with one attached hydrogen (secondary N) is 2. The number of aliphatic hydroxyl groups excluding tert-OH is 6. The largest absolute Gasteiger partial charge is 0.479 e. The number of ether oxygens (including phenoxy) is 8. The van der Waals surface area contributed by atoms with E-state index in [9.17, 15) is 102 Å². The van der Waals surface area contributed by atoms with E-state index in [-0.39, 0.29) is 44.9 Å². The van der Waals surface area contributed by atoms with Crippen molar-refractivity contribution in [2.45, 2.75) is 169 Å². The number of hydrogen-bond donors (Lipinski definition) is 14. The van der Waals surface area contributed by atoms with Gasteiger partial charge in [-0.15, -0.1) is 0 Å². The van der Waals surface area contributed by atoms with Crippen molar-refractivity contribution in [1.29, 1.82) is 0 Å². The van der Waals surface area contributed by atoms with Crippen LogP contribution in [0.25, 0.3) is 0 Å². The van der Waals surface area contributed by atoms with Gasteiger partial charge in [0.2, 0.25) is 5.91 Å². The number of aliphatic hydroxyl groups is 6. The zero-order chi connectivity index (χ0) is 55.7. The van der Waals surface area contributed by atoms with Crippen LogP contribution in [0.5, 0.6) is 0 Å². The Balaban J connectivity index is 1.59. The molecular formula is C34H58N2O34S4. The number of carboxylic acids is 2. The van der Waals surface area contributed by atoms with E-state index < -0.39 is 183 Å². The standard InChI is InChI=1S/C34H58N2O34S4/c1-2-14-19(40)20(41)18(36-71(48,49)50)32(63-14)66-25-22(43)27(70-74(57,58)59)34(68-29(25)31(46)47)65-23-13(38)11-17(62-15(23)12-61-72(51,52)53)64-24-21(42)26(69-73(54,55)56)33(67-28(24)30(44)45)60-10-6-4-3-5-8-35-16(39)7-9-37/h13-15,17-29,32-34,36-38,40-43H,2-12H2,1H3,(H,35,39)(H,44,45)(H,46,47)(H,48,49,50)(H,51,52,53)(H,54,55,56)(H,57,58,59). The molecule has 19 atom stereocenters. The van der Waals surface area contributed by atoms with E-state index in [1.807, 2.05) is 0 Å². The second-order valence-electron chi connectivity index (χ2n) is 16.6. The van der Waals surface area contributed by atoms with Crippen LogP contribution >= 0.6 is 0 Å². The fourth-order valence-electron chi connectivity index (χ4n) is 7.91. The Hall–Kier alpha value is -2.67. The monoisotopic (exact) mass is 1170 g/mol. The third-order valence-electron chi connectivity index (χ3n) is 11.2. The number of unbranched alkanes of at least 4 members (excludes halogenated alkanes) is 3. The zero-order valence-corrected chi connectivity index (χ0v) is 41.5. The summed E-state index contributed by atoms with van der Waals surface area (Å²) in [4.78, 5) is 36.6. The second-order valence-corrected chi connectivity index (χ2v) is 20.9. The van der Waals surface area contributed by atoms with Gasteiger partial charge in [0.1, 0.15) is 54.9 Å². The molecule has 0 aromatic heterocycles. The lowest BCUT2D eigenvalue weighted by molar-refractivity contribution is -0.364. The van der Waals surface area contributed by atoms with Crippen LogP contribution in [-0.2, 0) is 106 Å². The molecule has 0 spiro atoms. The van der Waals surface area contributed by atoms with Gasteiger partial charge < -0.3 is 84.1 Å². The molecule has 432 valence electrons. The Morgan fingerprint density at radius 1 is 0.608 bits per heavy atom. The molecule has 0 aromatic rings. The van der Waals surface area contributed by atoms with Gasteiger partial charge in [-0.1, -0.05) is 19.8 Å². The van der Waals surface area contributed by atoms with Crippen molar-refractivity contribution in [3.8, 4) is 0 Å². The van der Waals surface area contributed by atoms with Crippen molar-refractivity contribution in [3.05, 3.63) is 0 Å². The average molecular weight is 1170 g/mol. The Morgan fingerprint density at radius 2 is 1.15 bits per heavy atom. The normalized spacial score (nSPS) is 36.5. The average Bonchev–Trinajstić information content (AvgIpc) is 3.26. The fraction of sp³-hybridized carbons (Fsp3) is 0.912. The van der Waals surface area contributed by atoms with Crippen LogP contribution in [0, 0.1) is 0 Å². The van der Waals surface area contributed by atoms with E-state index in [0.717, 1.165) is 0 Å². The Morgan fingerprint density at radius 3 is 1.68 bits per heavy atom. The van der Waals surface area contributed by atoms with E-state index in [4.69, 9.17) is 43.0 Å². The van der Waals surface area contributed by atoms with Crippen LogP contribution in [0.3, 0.4) is 0 Å². The molecule has 0 aromatic carbocycles. The van der Waals surface area contributed by atoms with Crippen LogP contribution in [0.15, 0.2) is 0 Å². The molecule has 19 unspecified atom stereocenters. The topological polar surface area (TPSA) is 556 Å². The first kappa shape index (κ1) is 63.9. The van der Waals surface area contributed by atoms with E-state index in [2.05, 4.69) is 17.9 Å². The molecule has 0 aliphatic carbocycles. The summed E-state index contributed by atoms with van der Waals surface area (Å²) in [5, 5.41) is 87.0. The maximum atomic E-state index is 12.6. The van der Waals surface area contributed by atoms with Crippen LogP contribution < -0.4 is 10.0 Å². The highest BCUT2D eigenvalue weighted by Crippen LogP contribution is 2.37. The molecule has 74 heavy (non-hydrogen) atoms. The van der Waals surface area contributed by atoms with Gasteiger partial charge in [0.25, 0.3) is 0 Å². The number of aliphatic carboxylic acids is 2. The summed E-state index contributed by atoms with van der Waals surface area (Å²) in [6.07, 6.45) is -41.2. The highest BCUT2D eigenvalue weighted by atomic mass is 32.3. The lowest BCUT2D eigenvalue weighted by atomic mass is 9.94. The van der Waals surface area contributed by atoms with Crippen LogP contribution in [0.1, 0.15) is 51.9 Å². The van der Waals surface area contributed by atoms with Gasteiger partial charge in [0, 0.05) is 26.0 Å². The second kappa shape index (κ2) is 27.3. The molecular weight excluding hydrogens is 1110 g/mol. The van der Waals surface area contributed by atoms with Crippen LogP contribution in [-0.4, -0.2) is 254 Å². The van der Waals surface area contributed by atoms with Gasteiger partial charge in [-0.3, -0.25) is 23.0 Å². The quantitative estimate of drug-likeness (QED) is 0.0256. The zero-order valence-electron chi connectivity index (χ0n) is 38.2. The van der Waals surface area contributed by atoms with Crippen molar-refractivity contribution in [2.75, 3.05) is 26.4 Å². The van der Waals surface area contributed by atoms with Crippen molar-refractivity contribution >= 4 is 59.3 Å². The van der Waals surface area contributed by atoms with Crippen molar-refractivity contribution in [2.24, 2.45) is 0 Å². The van der Waals surface area contributed by atoms with Gasteiger partial charge in [0.15, 0.2) is 49.6 Å². The van der Waals surface area contributed by atoms with Crippen molar-refractivity contribution in [3.63, 3.8) is 0 Å². The molecule has 0 radical (unpaired) electrons. The van der Waals surface area contributed by atoms with Gasteiger partial charge in [0.05, 0.1) is 25.4 Å². The lowest BCUT2D eigenvalue weighted by Crippen LogP contribution is -2.68. The maximum absolute atomic E-state index is 12.6. The number of amides is 1. The summed E-state index contributed by atoms with van der Waals surface area (Å²) < 4.78 is 192. The minimum Gasteiger partial charge on any atom is -0.479 e. The summed E-state index contributed by atoms with van der Waals surface area (Å²) in [6.45, 7) is -0.446. The number of carbonyl (C=O) groups excluding carboxylic acids is 1. The minimum atomic E-state index is -5.80. The Bertz CT molecular complexity index is 2310. The van der Waals surface area contributed by atoms with Gasteiger partial charge in [-0.05, 0) is 19.3 Å². The molecule has 4 aliphatic heterocycles. The molecule has 1 amide bonds. The molecule has 14 N–H and O–H groups in total. The fourth-order valence-corrected chi connectivity index (χ4v) is 9.78. The third kappa shape index (κ3) is 19.1. The molecule has 4 saturated heterocycles. The van der Waals surface area contributed by atoms with Crippen LogP contribution in [0.4, 0.5) is 0 Å². The smallest absolute Gasteiger partial charge is 0.397 e.